The van der Waals surface area contributed by atoms with Gasteiger partial charge >= 0.3 is 0 Å². The van der Waals surface area contributed by atoms with Crippen LogP contribution in [0.5, 0.6) is 0 Å². The Morgan fingerprint density at radius 2 is 1.84 bits per heavy atom. The average Bonchev–Trinajstić information content (AvgIpc) is 2.41. The van der Waals surface area contributed by atoms with E-state index in [9.17, 15) is 4.79 Å². The zero-order chi connectivity index (χ0) is 12.8. The van der Waals surface area contributed by atoms with Gasteiger partial charge in [-0.05, 0) is 24.8 Å². The number of carbonyl (C=O) groups excluding carboxylic acids is 1. The second-order valence-electron chi connectivity index (χ2n) is 5.14. The van der Waals surface area contributed by atoms with Crippen molar-refractivity contribution in [2.24, 2.45) is 5.73 Å². The maximum atomic E-state index is 12.0. The lowest BCUT2D eigenvalue weighted by molar-refractivity contribution is -0.123. The molecule has 1 aromatic rings. The quantitative estimate of drug-likeness (QED) is 0.891. The van der Waals surface area contributed by atoms with Gasteiger partial charge in [0.15, 0.2) is 0 Å². The Labute approximate surface area is 121 Å². The van der Waals surface area contributed by atoms with Gasteiger partial charge in [-0.1, -0.05) is 49.6 Å². The van der Waals surface area contributed by atoms with Gasteiger partial charge in [0.05, 0.1) is 6.04 Å². The van der Waals surface area contributed by atoms with Crippen molar-refractivity contribution < 1.29 is 4.79 Å². The van der Waals surface area contributed by atoms with Crippen molar-refractivity contribution in [2.75, 3.05) is 0 Å². The Morgan fingerprint density at radius 3 is 2.47 bits per heavy atom. The number of hydrogen-bond donors (Lipinski definition) is 2. The Kier molecular flexibility index (Phi) is 6.89. The summed E-state index contributed by atoms with van der Waals surface area (Å²) in [7, 11) is 0. The van der Waals surface area contributed by atoms with Crippen LogP contribution in [0.4, 0.5) is 0 Å². The molecular weight excluding hydrogens is 260 g/mol. The molecule has 0 radical (unpaired) electrons. The first-order valence-electron chi connectivity index (χ1n) is 6.85. The molecule has 3 N–H and O–H groups in total. The van der Waals surface area contributed by atoms with Gasteiger partial charge in [0, 0.05) is 6.04 Å². The zero-order valence-electron chi connectivity index (χ0n) is 11.2. The van der Waals surface area contributed by atoms with Crippen molar-refractivity contribution in [3.05, 3.63) is 35.9 Å². The third-order valence-electron chi connectivity index (χ3n) is 3.59. The smallest absolute Gasteiger partial charge is 0.237 e. The number of halogens is 1. The lowest BCUT2D eigenvalue weighted by atomic mass is 9.95. The van der Waals surface area contributed by atoms with Gasteiger partial charge < -0.3 is 11.1 Å². The highest BCUT2D eigenvalue weighted by molar-refractivity contribution is 5.85. The summed E-state index contributed by atoms with van der Waals surface area (Å²) in [4.78, 5) is 12.0. The Morgan fingerprint density at radius 1 is 1.21 bits per heavy atom. The van der Waals surface area contributed by atoms with Crippen LogP contribution < -0.4 is 11.1 Å². The van der Waals surface area contributed by atoms with E-state index in [1.807, 2.05) is 30.3 Å². The second-order valence-corrected chi connectivity index (χ2v) is 5.14. The van der Waals surface area contributed by atoms with E-state index >= 15 is 0 Å². The molecule has 1 aliphatic rings. The highest BCUT2D eigenvalue weighted by atomic mass is 35.5. The van der Waals surface area contributed by atoms with E-state index in [2.05, 4.69) is 5.32 Å². The number of hydrogen-bond acceptors (Lipinski definition) is 2. The molecule has 0 bridgehead atoms. The average molecular weight is 283 g/mol. The summed E-state index contributed by atoms with van der Waals surface area (Å²) in [5, 5.41) is 3.07. The highest BCUT2D eigenvalue weighted by Gasteiger charge is 2.19. The molecule has 1 unspecified atom stereocenters. The van der Waals surface area contributed by atoms with Gasteiger partial charge in [0.1, 0.15) is 0 Å². The third kappa shape index (κ3) is 5.21. The monoisotopic (exact) mass is 282 g/mol. The first-order valence-corrected chi connectivity index (χ1v) is 6.85. The summed E-state index contributed by atoms with van der Waals surface area (Å²) in [6, 6.07) is 9.84. The molecule has 0 spiro atoms. The lowest BCUT2D eigenvalue weighted by Crippen LogP contribution is -2.46. The minimum Gasteiger partial charge on any atom is -0.352 e. The molecule has 19 heavy (non-hydrogen) atoms. The Balaban J connectivity index is 0.00000180. The molecule has 1 aromatic carbocycles. The summed E-state index contributed by atoms with van der Waals surface area (Å²) in [6.07, 6.45) is 6.55. The zero-order valence-corrected chi connectivity index (χ0v) is 12.0. The fourth-order valence-corrected chi connectivity index (χ4v) is 2.52. The van der Waals surface area contributed by atoms with Gasteiger partial charge in [0.2, 0.25) is 5.91 Å². The lowest BCUT2D eigenvalue weighted by Gasteiger charge is -2.24. The van der Waals surface area contributed by atoms with E-state index in [1.54, 1.807) is 0 Å². The Hall–Kier alpha value is -1.06. The van der Waals surface area contributed by atoms with Gasteiger partial charge in [-0.25, -0.2) is 0 Å². The molecule has 1 saturated carbocycles. The molecule has 0 aliphatic heterocycles. The minimum absolute atomic E-state index is 0. The summed E-state index contributed by atoms with van der Waals surface area (Å²) in [5.41, 5.74) is 7.07. The molecule has 4 heteroatoms. The van der Waals surface area contributed by atoms with Crippen LogP contribution in [0, 0.1) is 0 Å². The minimum atomic E-state index is -0.436. The maximum Gasteiger partial charge on any atom is 0.237 e. The van der Waals surface area contributed by atoms with Crippen LogP contribution in [0.15, 0.2) is 30.3 Å². The first-order chi connectivity index (χ1) is 8.75. The molecule has 0 aromatic heterocycles. The van der Waals surface area contributed by atoms with Crippen LogP contribution in [0.1, 0.15) is 37.7 Å². The SMILES string of the molecule is Cl.NC(Cc1ccccc1)C(=O)NC1CCCCC1. The van der Waals surface area contributed by atoms with Crippen molar-refractivity contribution in [1.82, 2.24) is 5.32 Å². The molecule has 1 aliphatic carbocycles. The molecule has 1 amide bonds. The largest absolute Gasteiger partial charge is 0.352 e. The van der Waals surface area contributed by atoms with Gasteiger partial charge in [-0.2, -0.15) is 0 Å². The van der Waals surface area contributed by atoms with Gasteiger partial charge in [-0.3, -0.25) is 4.79 Å². The van der Waals surface area contributed by atoms with Crippen LogP contribution >= 0.6 is 12.4 Å². The van der Waals surface area contributed by atoms with Crippen LogP contribution in [0.25, 0.3) is 0 Å². The fourth-order valence-electron chi connectivity index (χ4n) is 2.52. The standard InChI is InChI=1S/C15H22N2O.ClH/c16-14(11-12-7-3-1-4-8-12)15(18)17-13-9-5-2-6-10-13;/h1,3-4,7-8,13-14H,2,5-6,9-11,16H2,(H,17,18);1H. The second kappa shape index (κ2) is 8.18. The van der Waals surface area contributed by atoms with Crippen LogP contribution in [0.2, 0.25) is 0 Å². The molecule has 1 atom stereocenters. The number of rotatable bonds is 4. The molecule has 0 heterocycles. The maximum absolute atomic E-state index is 12.0. The number of benzene rings is 1. The van der Waals surface area contributed by atoms with Crippen molar-refractivity contribution in [3.63, 3.8) is 0 Å². The van der Waals surface area contributed by atoms with Crippen molar-refractivity contribution in [3.8, 4) is 0 Å². The molecule has 2 rings (SSSR count). The first kappa shape index (κ1) is 16.0. The van der Waals surface area contributed by atoms with Crippen molar-refractivity contribution in [1.29, 1.82) is 0 Å². The van der Waals surface area contributed by atoms with Crippen molar-refractivity contribution >= 4 is 18.3 Å². The van der Waals surface area contributed by atoms with E-state index in [4.69, 9.17) is 5.73 Å². The number of amides is 1. The van der Waals surface area contributed by atoms with E-state index < -0.39 is 6.04 Å². The van der Waals surface area contributed by atoms with Crippen LogP contribution in [-0.4, -0.2) is 18.0 Å². The van der Waals surface area contributed by atoms with Gasteiger partial charge in [-0.15, -0.1) is 12.4 Å². The molecule has 3 nitrogen and oxygen atoms in total. The molecule has 1 fully saturated rings. The van der Waals surface area contributed by atoms with Crippen LogP contribution in [0.3, 0.4) is 0 Å². The van der Waals surface area contributed by atoms with Crippen molar-refractivity contribution in [2.45, 2.75) is 50.6 Å². The summed E-state index contributed by atoms with van der Waals surface area (Å²) >= 11 is 0. The normalized spacial score (nSPS) is 17.3. The number of carbonyl (C=O) groups is 1. The molecular formula is C15H23ClN2O. The van der Waals surface area contributed by atoms with E-state index in [1.165, 1.54) is 19.3 Å². The predicted molar refractivity (Wildman–Crippen MR) is 80.4 cm³/mol. The molecule has 0 saturated heterocycles. The van der Waals surface area contributed by atoms with E-state index in [0.29, 0.717) is 12.5 Å². The summed E-state index contributed by atoms with van der Waals surface area (Å²) < 4.78 is 0. The number of nitrogens with two attached hydrogens (primary N) is 1. The fraction of sp³-hybridized carbons (Fsp3) is 0.533. The van der Waals surface area contributed by atoms with E-state index in [-0.39, 0.29) is 18.3 Å². The van der Waals surface area contributed by atoms with Crippen LogP contribution in [-0.2, 0) is 11.2 Å². The third-order valence-corrected chi connectivity index (χ3v) is 3.59. The topological polar surface area (TPSA) is 55.1 Å². The summed E-state index contributed by atoms with van der Waals surface area (Å²) in [5.74, 6) is -0.00856. The Bertz CT molecular complexity index is 377. The van der Waals surface area contributed by atoms with E-state index in [0.717, 1.165) is 18.4 Å². The van der Waals surface area contributed by atoms with Gasteiger partial charge in [0.25, 0.3) is 0 Å². The number of nitrogens with one attached hydrogen (secondary N) is 1. The molecule has 106 valence electrons. The summed E-state index contributed by atoms with van der Waals surface area (Å²) in [6.45, 7) is 0. The highest BCUT2D eigenvalue weighted by Crippen LogP contribution is 2.17. The predicted octanol–water partition coefficient (Wildman–Crippen LogP) is 2.43.